The van der Waals surface area contributed by atoms with Gasteiger partial charge in [-0.05, 0) is 47.0 Å². The van der Waals surface area contributed by atoms with Gasteiger partial charge in [-0.1, -0.05) is 11.6 Å². The number of halogens is 2. The topological polar surface area (TPSA) is 46.3 Å². The zero-order valence-corrected chi connectivity index (χ0v) is 11.7. The van der Waals surface area contributed by atoms with Crippen molar-refractivity contribution < 1.29 is 4.79 Å². The largest absolute Gasteiger partial charge is 0.337 e. The molecule has 1 atom stereocenters. The molecule has 1 amide bonds. The minimum atomic E-state index is -0.00507. The molecular formula is C12H14BrClN2O. The second-order valence-electron chi connectivity index (χ2n) is 4.28. The van der Waals surface area contributed by atoms with E-state index in [4.69, 9.17) is 17.3 Å². The summed E-state index contributed by atoms with van der Waals surface area (Å²) in [6.07, 6.45) is 1.95. The highest BCUT2D eigenvalue weighted by molar-refractivity contribution is 9.10. The Balaban J connectivity index is 2.21. The normalized spacial score (nSPS) is 20.4. The van der Waals surface area contributed by atoms with Crippen molar-refractivity contribution in [2.45, 2.75) is 18.9 Å². The van der Waals surface area contributed by atoms with E-state index in [-0.39, 0.29) is 11.9 Å². The number of amides is 1. The third kappa shape index (κ3) is 3.00. The predicted molar refractivity (Wildman–Crippen MR) is 72.3 cm³/mol. The van der Waals surface area contributed by atoms with Crippen LogP contribution in [0, 0.1) is 0 Å². The number of carbonyl (C=O) groups excluding carboxylic acids is 1. The molecule has 92 valence electrons. The van der Waals surface area contributed by atoms with Crippen molar-refractivity contribution in [1.29, 1.82) is 0 Å². The summed E-state index contributed by atoms with van der Waals surface area (Å²) in [7, 11) is 0. The molecule has 0 unspecified atom stereocenters. The molecule has 3 nitrogen and oxygen atoms in total. The summed E-state index contributed by atoms with van der Waals surface area (Å²) in [6, 6.07) is 5.32. The minimum Gasteiger partial charge on any atom is -0.337 e. The Hall–Kier alpha value is -0.580. The van der Waals surface area contributed by atoms with Crippen molar-refractivity contribution >= 4 is 33.4 Å². The van der Waals surface area contributed by atoms with Crippen LogP contribution >= 0.6 is 27.5 Å². The lowest BCUT2D eigenvalue weighted by atomic mass is 10.1. The quantitative estimate of drug-likeness (QED) is 0.865. The fourth-order valence-corrected chi connectivity index (χ4v) is 2.61. The molecule has 1 heterocycles. The number of nitrogens with two attached hydrogens (primary N) is 1. The summed E-state index contributed by atoms with van der Waals surface area (Å²) in [6.45, 7) is 1.39. The average Bonchev–Trinajstić information content (AvgIpc) is 2.31. The molecule has 0 bridgehead atoms. The molecule has 2 N–H and O–H groups in total. The zero-order chi connectivity index (χ0) is 12.4. The molecule has 1 fully saturated rings. The number of hydrogen-bond acceptors (Lipinski definition) is 2. The molecule has 1 saturated heterocycles. The Morgan fingerprint density at radius 2 is 2.29 bits per heavy atom. The van der Waals surface area contributed by atoms with Crippen LogP contribution in [0.1, 0.15) is 23.2 Å². The Morgan fingerprint density at radius 3 is 3.00 bits per heavy atom. The number of hydrogen-bond donors (Lipinski definition) is 1. The molecule has 2 rings (SSSR count). The van der Waals surface area contributed by atoms with Gasteiger partial charge in [-0.3, -0.25) is 4.79 Å². The highest BCUT2D eigenvalue weighted by Gasteiger charge is 2.23. The molecule has 1 aliphatic rings. The SMILES string of the molecule is N[C@H]1CCCN(C(=O)c2cc(Cl)ccc2Br)C1. The van der Waals surface area contributed by atoms with Crippen LogP contribution < -0.4 is 5.73 Å². The van der Waals surface area contributed by atoms with Gasteiger partial charge in [0.15, 0.2) is 0 Å². The first kappa shape index (κ1) is 12.9. The Bertz CT molecular complexity index is 439. The lowest BCUT2D eigenvalue weighted by Gasteiger charge is -2.31. The van der Waals surface area contributed by atoms with Gasteiger partial charge in [-0.2, -0.15) is 0 Å². The van der Waals surface area contributed by atoms with Crippen LogP contribution in [0.4, 0.5) is 0 Å². The maximum atomic E-state index is 12.3. The van der Waals surface area contributed by atoms with E-state index in [1.165, 1.54) is 0 Å². The summed E-state index contributed by atoms with van der Waals surface area (Å²) >= 11 is 9.29. The van der Waals surface area contributed by atoms with Gasteiger partial charge in [0.2, 0.25) is 0 Å². The Kier molecular flexibility index (Phi) is 4.07. The van der Waals surface area contributed by atoms with Crippen molar-refractivity contribution in [3.63, 3.8) is 0 Å². The van der Waals surface area contributed by atoms with Crippen LogP contribution in [0.25, 0.3) is 0 Å². The van der Waals surface area contributed by atoms with E-state index in [0.717, 1.165) is 23.9 Å². The van der Waals surface area contributed by atoms with Gasteiger partial charge < -0.3 is 10.6 Å². The van der Waals surface area contributed by atoms with Gasteiger partial charge in [0.25, 0.3) is 5.91 Å². The van der Waals surface area contributed by atoms with Crippen LogP contribution in [0.5, 0.6) is 0 Å². The molecular weight excluding hydrogens is 304 g/mol. The molecule has 5 heteroatoms. The van der Waals surface area contributed by atoms with E-state index in [1.54, 1.807) is 23.1 Å². The van der Waals surface area contributed by atoms with E-state index < -0.39 is 0 Å². The summed E-state index contributed by atoms with van der Waals surface area (Å²) in [4.78, 5) is 14.1. The highest BCUT2D eigenvalue weighted by atomic mass is 79.9. The smallest absolute Gasteiger partial charge is 0.255 e. The third-order valence-electron chi connectivity index (χ3n) is 2.90. The van der Waals surface area contributed by atoms with Gasteiger partial charge in [0, 0.05) is 28.6 Å². The second kappa shape index (κ2) is 5.38. The van der Waals surface area contributed by atoms with E-state index in [2.05, 4.69) is 15.9 Å². The number of carbonyl (C=O) groups is 1. The van der Waals surface area contributed by atoms with Crippen molar-refractivity contribution in [3.8, 4) is 0 Å². The van der Waals surface area contributed by atoms with Gasteiger partial charge in [-0.15, -0.1) is 0 Å². The molecule has 0 aromatic heterocycles. The van der Waals surface area contributed by atoms with Gasteiger partial charge in [0.1, 0.15) is 0 Å². The Labute approximate surface area is 114 Å². The molecule has 1 aromatic rings. The van der Waals surface area contributed by atoms with Crippen LogP contribution in [0.2, 0.25) is 5.02 Å². The molecule has 1 aliphatic heterocycles. The lowest BCUT2D eigenvalue weighted by Crippen LogP contribution is -2.45. The summed E-state index contributed by atoms with van der Waals surface area (Å²) in [5, 5.41) is 0.567. The summed E-state index contributed by atoms with van der Waals surface area (Å²) in [5.74, 6) is -0.00507. The third-order valence-corrected chi connectivity index (χ3v) is 3.83. The standard InChI is InChI=1S/C12H14BrClN2O/c13-11-4-3-8(14)6-10(11)12(17)16-5-1-2-9(15)7-16/h3-4,6,9H,1-2,5,7,15H2/t9-/m0/s1. The molecule has 1 aromatic carbocycles. The number of rotatable bonds is 1. The number of piperidine rings is 1. The van der Waals surface area contributed by atoms with Gasteiger partial charge >= 0.3 is 0 Å². The molecule has 0 radical (unpaired) electrons. The first-order valence-corrected chi connectivity index (χ1v) is 6.75. The predicted octanol–water partition coefficient (Wildman–Crippen LogP) is 2.67. The summed E-state index contributed by atoms with van der Waals surface area (Å²) in [5.41, 5.74) is 6.48. The molecule has 0 saturated carbocycles. The summed E-state index contributed by atoms with van der Waals surface area (Å²) < 4.78 is 0.769. The number of nitrogens with zero attached hydrogens (tertiary/aromatic N) is 1. The van der Waals surface area contributed by atoms with E-state index >= 15 is 0 Å². The van der Waals surface area contributed by atoms with E-state index in [1.807, 2.05) is 0 Å². The van der Waals surface area contributed by atoms with Crippen molar-refractivity contribution in [2.24, 2.45) is 5.73 Å². The lowest BCUT2D eigenvalue weighted by molar-refractivity contribution is 0.0708. The first-order valence-electron chi connectivity index (χ1n) is 5.58. The van der Waals surface area contributed by atoms with Crippen molar-refractivity contribution in [2.75, 3.05) is 13.1 Å². The monoisotopic (exact) mass is 316 g/mol. The van der Waals surface area contributed by atoms with Crippen LogP contribution in [-0.4, -0.2) is 29.9 Å². The fourth-order valence-electron chi connectivity index (χ4n) is 2.03. The minimum absolute atomic E-state index is 0.00507. The molecule has 17 heavy (non-hydrogen) atoms. The number of likely N-dealkylation sites (tertiary alicyclic amines) is 1. The number of benzene rings is 1. The maximum absolute atomic E-state index is 12.3. The van der Waals surface area contributed by atoms with Gasteiger partial charge in [0.05, 0.1) is 5.56 Å². The fraction of sp³-hybridized carbons (Fsp3) is 0.417. The van der Waals surface area contributed by atoms with Crippen molar-refractivity contribution in [1.82, 2.24) is 4.90 Å². The molecule has 0 aliphatic carbocycles. The van der Waals surface area contributed by atoms with Crippen LogP contribution in [0.15, 0.2) is 22.7 Å². The highest BCUT2D eigenvalue weighted by Crippen LogP contribution is 2.23. The first-order chi connectivity index (χ1) is 8.08. The maximum Gasteiger partial charge on any atom is 0.255 e. The Morgan fingerprint density at radius 1 is 1.53 bits per heavy atom. The van der Waals surface area contributed by atoms with E-state index in [0.29, 0.717) is 17.1 Å². The second-order valence-corrected chi connectivity index (χ2v) is 5.57. The van der Waals surface area contributed by atoms with Crippen LogP contribution in [0.3, 0.4) is 0 Å². The average molecular weight is 318 g/mol. The molecule has 0 spiro atoms. The van der Waals surface area contributed by atoms with Crippen molar-refractivity contribution in [3.05, 3.63) is 33.3 Å². The van der Waals surface area contributed by atoms with E-state index in [9.17, 15) is 4.79 Å². The zero-order valence-electron chi connectivity index (χ0n) is 9.33. The van der Waals surface area contributed by atoms with Crippen LogP contribution in [-0.2, 0) is 0 Å². The van der Waals surface area contributed by atoms with Gasteiger partial charge in [-0.25, -0.2) is 0 Å².